The first-order chi connectivity index (χ1) is 9.60. The largest absolute Gasteiger partial charge is 0.384 e. The molecule has 0 spiro atoms. The van der Waals surface area contributed by atoms with Gasteiger partial charge in [0, 0.05) is 11.6 Å². The zero-order valence-corrected chi connectivity index (χ0v) is 11.4. The smallest absolute Gasteiger partial charge is 0.254 e. The molecule has 0 heterocycles. The van der Waals surface area contributed by atoms with E-state index in [2.05, 4.69) is 17.2 Å². The van der Waals surface area contributed by atoms with Gasteiger partial charge in [0.2, 0.25) is 0 Å². The van der Waals surface area contributed by atoms with Gasteiger partial charge in [0.05, 0.1) is 5.56 Å². The van der Waals surface area contributed by atoms with Crippen molar-refractivity contribution in [1.29, 1.82) is 0 Å². The quantitative estimate of drug-likeness (QED) is 0.827. The maximum atomic E-state index is 13.7. The van der Waals surface area contributed by atoms with Gasteiger partial charge in [-0.1, -0.05) is 24.7 Å². The average molecular weight is 275 g/mol. The van der Waals surface area contributed by atoms with Crippen molar-refractivity contribution in [2.24, 2.45) is 5.92 Å². The van der Waals surface area contributed by atoms with Crippen LogP contribution in [0.1, 0.15) is 42.1 Å². The molecule has 1 unspecified atom stereocenters. The van der Waals surface area contributed by atoms with Crippen LogP contribution < -0.4 is 5.32 Å². The minimum atomic E-state index is -0.560. The Bertz CT molecular complexity index is 555. The van der Waals surface area contributed by atoms with Gasteiger partial charge in [0.15, 0.2) is 0 Å². The van der Waals surface area contributed by atoms with E-state index in [1.54, 1.807) is 0 Å². The molecule has 1 fully saturated rings. The molecule has 2 rings (SSSR count). The van der Waals surface area contributed by atoms with E-state index in [1.807, 2.05) is 6.92 Å². The Morgan fingerprint density at radius 3 is 2.95 bits per heavy atom. The third kappa shape index (κ3) is 4.07. The van der Waals surface area contributed by atoms with Crippen LogP contribution in [0.2, 0.25) is 0 Å². The van der Waals surface area contributed by atoms with Crippen LogP contribution in [0.5, 0.6) is 0 Å². The van der Waals surface area contributed by atoms with Gasteiger partial charge < -0.3 is 10.4 Å². The summed E-state index contributed by atoms with van der Waals surface area (Å²) in [6, 6.07) is 4.17. The number of carbonyl (C=O) groups is 1. The number of hydrogen-bond donors (Lipinski definition) is 2. The molecule has 1 saturated carbocycles. The highest BCUT2D eigenvalue weighted by atomic mass is 19.1. The monoisotopic (exact) mass is 275 g/mol. The lowest BCUT2D eigenvalue weighted by atomic mass is 10.1. The summed E-state index contributed by atoms with van der Waals surface area (Å²) in [5, 5.41) is 11.5. The second-order valence-electron chi connectivity index (χ2n) is 5.21. The highest BCUT2D eigenvalue weighted by Gasteiger charge is 2.24. The molecule has 1 aliphatic carbocycles. The molecular formula is C16H18FNO2. The van der Waals surface area contributed by atoms with Crippen LogP contribution in [-0.2, 0) is 0 Å². The highest BCUT2D eigenvalue weighted by Crippen LogP contribution is 2.33. The van der Waals surface area contributed by atoms with E-state index in [0.29, 0.717) is 11.5 Å². The number of amides is 1. The lowest BCUT2D eigenvalue weighted by Crippen LogP contribution is -2.33. The zero-order chi connectivity index (χ0) is 14.5. The number of halogens is 1. The van der Waals surface area contributed by atoms with E-state index in [1.165, 1.54) is 31.0 Å². The van der Waals surface area contributed by atoms with E-state index in [4.69, 9.17) is 5.11 Å². The first-order valence-electron chi connectivity index (χ1n) is 6.80. The van der Waals surface area contributed by atoms with Crippen LogP contribution in [0, 0.1) is 23.6 Å². The molecule has 20 heavy (non-hydrogen) atoms. The molecule has 1 aromatic carbocycles. The Morgan fingerprint density at radius 2 is 2.30 bits per heavy atom. The lowest BCUT2D eigenvalue weighted by molar-refractivity contribution is 0.0933. The number of carbonyl (C=O) groups excluding carboxylic acids is 1. The summed E-state index contributed by atoms with van der Waals surface area (Å²) in [7, 11) is 0. The van der Waals surface area contributed by atoms with Gasteiger partial charge in [-0.05, 0) is 37.5 Å². The van der Waals surface area contributed by atoms with E-state index in [-0.39, 0.29) is 18.2 Å². The summed E-state index contributed by atoms with van der Waals surface area (Å²) in [6.07, 6.45) is 3.39. The highest BCUT2D eigenvalue weighted by molar-refractivity contribution is 5.95. The lowest BCUT2D eigenvalue weighted by Gasteiger charge is -2.13. The first-order valence-corrected chi connectivity index (χ1v) is 6.80. The van der Waals surface area contributed by atoms with Crippen molar-refractivity contribution in [3.8, 4) is 11.8 Å². The second-order valence-corrected chi connectivity index (χ2v) is 5.21. The Kier molecular flexibility index (Phi) is 4.75. The fourth-order valence-electron chi connectivity index (χ4n) is 2.13. The van der Waals surface area contributed by atoms with Gasteiger partial charge in [0.1, 0.15) is 12.4 Å². The van der Waals surface area contributed by atoms with Crippen molar-refractivity contribution in [3.63, 3.8) is 0 Å². The van der Waals surface area contributed by atoms with Crippen LogP contribution in [0.25, 0.3) is 0 Å². The minimum Gasteiger partial charge on any atom is -0.384 e. The zero-order valence-electron chi connectivity index (χ0n) is 11.4. The van der Waals surface area contributed by atoms with Gasteiger partial charge in [-0.15, -0.1) is 0 Å². The molecule has 0 saturated heterocycles. The fourth-order valence-corrected chi connectivity index (χ4v) is 2.13. The van der Waals surface area contributed by atoms with Gasteiger partial charge in [-0.25, -0.2) is 4.39 Å². The Balaban J connectivity index is 2.07. The molecule has 1 aliphatic rings. The van der Waals surface area contributed by atoms with Gasteiger partial charge in [0.25, 0.3) is 5.91 Å². The summed E-state index contributed by atoms with van der Waals surface area (Å²) < 4.78 is 13.7. The molecule has 1 aromatic rings. The van der Waals surface area contributed by atoms with Crippen LogP contribution in [0.3, 0.4) is 0 Å². The molecule has 0 aliphatic heterocycles. The molecule has 1 amide bonds. The molecule has 0 aromatic heterocycles. The van der Waals surface area contributed by atoms with E-state index in [0.717, 1.165) is 6.42 Å². The SMILES string of the molecule is CC(CC1CC1)NC(=O)c1cc(C#CCO)ccc1F. The summed E-state index contributed by atoms with van der Waals surface area (Å²) in [4.78, 5) is 12.1. The molecule has 4 heteroatoms. The van der Waals surface area contributed by atoms with Crippen LogP contribution in [0.4, 0.5) is 4.39 Å². The number of benzene rings is 1. The third-order valence-electron chi connectivity index (χ3n) is 3.28. The van der Waals surface area contributed by atoms with Crippen molar-refractivity contribution in [3.05, 3.63) is 35.1 Å². The van der Waals surface area contributed by atoms with Crippen LogP contribution in [-0.4, -0.2) is 23.7 Å². The molecule has 2 N–H and O–H groups in total. The number of aliphatic hydroxyl groups excluding tert-OH is 1. The number of aliphatic hydroxyl groups is 1. The molecule has 106 valence electrons. The van der Waals surface area contributed by atoms with E-state index in [9.17, 15) is 9.18 Å². The number of nitrogens with one attached hydrogen (secondary N) is 1. The van der Waals surface area contributed by atoms with Crippen LogP contribution >= 0.6 is 0 Å². The van der Waals surface area contributed by atoms with Crippen molar-refractivity contribution in [2.45, 2.75) is 32.2 Å². The second kappa shape index (κ2) is 6.53. The third-order valence-corrected chi connectivity index (χ3v) is 3.28. The van der Waals surface area contributed by atoms with Crippen molar-refractivity contribution < 1.29 is 14.3 Å². The molecule has 3 nitrogen and oxygen atoms in total. The maximum Gasteiger partial charge on any atom is 0.254 e. The summed E-state index contributed by atoms with van der Waals surface area (Å²) in [5.41, 5.74) is 0.512. The standard InChI is InChI=1S/C16H18FNO2/c1-11(9-13-4-5-13)18-16(20)14-10-12(3-2-8-19)6-7-15(14)17/h6-7,10-11,13,19H,4-5,8-9H2,1H3,(H,18,20). The summed E-state index contributed by atoms with van der Waals surface area (Å²) in [6.45, 7) is 1.67. The van der Waals surface area contributed by atoms with Gasteiger partial charge in [-0.2, -0.15) is 0 Å². The Hall–Kier alpha value is -1.86. The maximum absolute atomic E-state index is 13.7. The topological polar surface area (TPSA) is 49.3 Å². The number of rotatable bonds is 4. The summed E-state index contributed by atoms with van der Waals surface area (Å²) >= 11 is 0. The van der Waals surface area contributed by atoms with E-state index < -0.39 is 11.7 Å². The molecule has 0 radical (unpaired) electrons. The molecular weight excluding hydrogens is 257 g/mol. The Morgan fingerprint density at radius 1 is 1.55 bits per heavy atom. The molecule has 1 atom stereocenters. The normalized spacial score (nSPS) is 15.2. The van der Waals surface area contributed by atoms with Gasteiger partial charge >= 0.3 is 0 Å². The Labute approximate surface area is 118 Å². The molecule has 0 bridgehead atoms. The van der Waals surface area contributed by atoms with Crippen molar-refractivity contribution in [2.75, 3.05) is 6.61 Å². The van der Waals surface area contributed by atoms with Gasteiger partial charge in [-0.3, -0.25) is 4.79 Å². The predicted molar refractivity (Wildman–Crippen MR) is 74.6 cm³/mol. The predicted octanol–water partition coefficient (Wildman–Crippen LogP) is 2.09. The minimum absolute atomic E-state index is 0.00242. The average Bonchev–Trinajstić information content (AvgIpc) is 3.21. The van der Waals surface area contributed by atoms with Crippen LogP contribution in [0.15, 0.2) is 18.2 Å². The van der Waals surface area contributed by atoms with E-state index >= 15 is 0 Å². The van der Waals surface area contributed by atoms with Crippen molar-refractivity contribution in [1.82, 2.24) is 5.32 Å². The van der Waals surface area contributed by atoms with Crippen molar-refractivity contribution >= 4 is 5.91 Å². The number of hydrogen-bond acceptors (Lipinski definition) is 2. The first kappa shape index (κ1) is 14.5. The fraction of sp³-hybridized carbons (Fsp3) is 0.438. The summed E-state index contributed by atoms with van der Waals surface area (Å²) in [5.74, 6) is 4.87.